The smallest absolute Gasteiger partial charge is 0.00805 e. The number of rotatable bonds is 4. The Kier molecular flexibility index (Phi) is 4.06. The maximum absolute atomic E-state index is 2.36. The Morgan fingerprint density at radius 2 is 1.67 bits per heavy atom. The first-order valence-corrected chi connectivity index (χ1v) is 7.17. The SMILES string of the molecule is CCC(C)(CC)c1ccc(C2=CCCC=C2)cc1. The zero-order valence-corrected chi connectivity index (χ0v) is 11.9. The molecule has 0 bridgehead atoms. The van der Waals surface area contributed by atoms with Crippen molar-refractivity contribution in [3.8, 4) is 0 Å². The van der Waals surface area contributed by atoms with E-state index in [9.17, 15) is 0 Å². The highest BCUT2D eigenvalue weighted by atomic mass is 14.3. The largest absolute Gasteiger partial charge is 0.0836 e. The van der Waals surface area contributed by atoms with Crippen molar-refractivity contribution in [1.82, 2.24) is 0 Å². The minimum absolute atomic E-state index is 0.329. The lowest BCUT2D eigenvalue weighted by Crippen LogP contribution is -2.19. The first-order valence-electron chi connectivity index (χ1n) is 7.17. The summed E-state index contributed by atoms with van der Waals surface area (Å²) < 4.78 is 0. The summed E-state index contributed by atoms with van der Waals surface area (Å²) in [4.78, 5) is 0. The molecule has 0 spiro atoms. The molecule has 0 heterocycles. The zero-order chi connectivity index (χ0) is 13.0. The Morgan fingerprint density at radius 1 is 1.00 bits per heavy atom. The highest BCUT2D eigenvalue weighted by molar-refractivity contribution is 5.74. The molecule has 0 atom stereocenters. The van der Waals surface area contributed by atoms with Crippen LogP contribution in [0.15, 0.2) is 42.5 Å². The van der Waals surface area contributed by atoms with Crippen LogP contribution in [0.25, 0.3) is 5.57 Å². The molecule has 0 aliphatic heterocycles. The summed E-state index contributed by atoms with van der Waals surface area (Å²) in [6, 6.07) is 9.18. The molecule has 1 aliphatic rings. The van der Waals surface area contributed by atoms with E-state index in [1.54, 1.807) is 0 Å². The highest BCUT2D eigenvalue weighted by Gasteiger charge is 2.21. The number of hydrogen-bond acceptors (Lipinski definition) is 0. The van der Waals surface area contributed by atoms with Crippen LogP contribution in [0.3, 0.4) is 0 Å². The molecule has 0 heteroatoms. The Bertz CT molecular complexity index is 441. The topological polar surface area (TPSA) is 0 Å². The van der Waals surface area contributed by atoms with Gasteiger partial charge >= 0.3 is 0 Å². The predicted octanol–water partition coefficient (Wildman–Crippen LogP) is 5.50. The maximum atomic E-state index is 2.36. The lowest BCUT2D eigenvalue weighted by molar-refractivity contribution is 0.439. The van der Waals surface area contributed by atoms with Crippen LogP contribution in [0.2, 0.25) is 0 Å². The molecule has 18 heavy (non-hydrogen) atoms. The second kappa shape index (κ2) is 5.56. The summed E-state index contributed by atoms with van der Waals surface area (Å²) in [6.07, 6.45) is 11.6. The van der Waals surface area contributed by atoms with Crippen LogP contribution in [0.5, 0.6) is 0 Å². The van der Waals surface area contributed by atoms with Crippen molar-refractivity contribution in [3.05, 3.63) is 53.6 Å². The van der Waals surface area contributed by atoms with Gasteiger partial charge in [0.1, 0.15) is 0 Å². The molecule has 1 aromatic carbocycles. The van der Waals surface area contributed by atoms with Crippen LogP contribution in [0.4, 0.5) is 0 Å². The van der Waals surface area contributed by atoms with Crippen LogP contribution in [0.1, 0.15) is 57.6 Å². The van der Waals surface area contributed by atoms with Gasteiger partial charge < -0.3 is 0 Å². The third-order valence-corrected chi connectivity index (χ3v) is 4.47. The molecule has 0 aromatic heterocycles. The summed E-state index contributed by atoms with van der Waals surface area (Å²) in [6.45, 7) is 6.93. The molecule has 1 aromatic rings. The molecule has 0 amide bonds. The molecular formula is C18H24. The standard InChI is InChI=1S/C18H24/c1-4-18(3,5-2)17-13-11-16(12-14-17)15-9-7-6-8-10-15/h7,9-14H,4-6,8H2,1-3H3. The lowest BCUT2D eigenvalue weighted by Gasteiger charge is -2.27. The van der Waals surface area contributed by atoms with E-state index in [-0.39, 0.29) is 0 Å². The summed E-state index contributed by atoms with van der Waals surface area (Å²) >= 11 is 0. The fraction of sp³-hybridized carbons (Fsp3) is 0.444. The van der Waals surface area contributed by atoms with Gasteiger partial charge in [-0.25, -0.2) is 0 Å². The van der Waals surface area contributed by atoms with Crippen LogP contribution >= 0.6 is 0 Å². The van der Waals surface area contributed by atoms with Crippen molar-refractivity contribution in [2.75, 3.05) is 0 Å². The summed E-state index contributed by atoms with van der Waals surface area (Å²) in [7, 11) is 0. The van der Waals surface area contributed by atoms with Gasteiger partial charge in [-0.05, 0) is 47.8 Å². The molecule has 96 valence electrons. The predicted molar refractivity (Wildman–Crippen MR) is 80.7 cm³/mol. The Hall–Kier alpha value is -1.30. The molecule has 0 saturated heterocycles. The molecule has 0 saturated carbocycles. The van der Waals surface area contributed by atoms with Gasteiger partial charge in [0.25, 0.3) is 0 Å². The number of benzene rings is 1. The van der Waals surface area contributed by atoms with E-state index in [1.165, 1.54) is 42.4 Å². The van der Waals surface area contributed by atoms with Crippen LogP contribution in [0, 0.1) is 0 Å². The van der Waals surface area contributed by atoms with Crippen molar-refractivity contribution >= 4 is 5.57 Å². The average Bonchev–Trinajstić information content (AvgIpc) is 2.47. The molecular weight excluding hydrogens is 216 g/mol. The molecule has 0 unspecified atom stereocenters. The lowest BCUT2D eigenvalue weighted by atomic mass is 9.77. The molecule has 0 radical (unpaired) electrons. The fourth-order valence-corrected chi connectivity index (χ4v) is 2.55. The minimum Gasteiger partial charge on any atom is -0.0836 e. The van der Waals surface area contributed by atoms with Crippen LogP contribution < -0.4 is 0 Å². The van der Waals surface area contributed by atoms with Crippen LogP contribution in [-0.4, -0.2) is 0 Å². The summed E-state index contributed by atoms with van der Waals surface area (Å²) in [5.41, 5.74) is 4.53. The highest BCUT2D eigenvalue weighted by Crippen LogP contribution is 2.32. The first-order chi connectivity index (χ1) is 8.69. The van der Waals surface area contributed by atoms with Crippen molar-refractivity contribution < 1.29 is 0 Å². The third kappa shape index (κ3) is 2.58. The van der Waals surface area contributed by atoms with Gasteiger partial charge in [0.2, 0.25) is 0 Å². The van der Waals surface area contributed by atoms with Gasteiger partial charge in [-0.3, -0.25) is 0 Å². The minimum atomic E-state index is 0.329. The van der Waals surface area contributed by atoms with Gasteiger partial charge in [-0.1, -0.05) is 63.3 Å². The maximum Gasteiger partial charge on any atom is -0.00805 e. The quantitative estimate of drug-likeness (QED) is 0.652. The summed E-state index contributed by atoms with van der Waals surface area (Å²) in [5, 5.41) is 0. The fourth-order valence-electron chi connectivity index (χ4n) is 2.55. The van der Waals surface area contributed by atoms with Crippen molar-refractivity contribution in [2.24, 2.45) is 0 Å². The third-order valence-electron chi connectivity index (χ3n) is 4.47. The van der Waals surface area contributed by atoms with E-state index in [2.05, 4.69) is 63.3 Å². The first kappa shape index (κ1) is 13.1. The Labute approximate surface area is 111 Å². The van der Waals surface area contributed by atoms with E-state index < -0.39 is 0 Å². The van der Waals surface area contributed by atoms with Gasteiger partial charge in [-0.2, -0.15) is 0 Å². The number of allylic oxidation sites excluding steroid dienone is 4. The molecule has 1 aliphatic carbocycles. The van der Waals surface area contributed by atoms with Gasteiger partial charge in [-0.15, -0.1) is 0 Å². The second-order valence-corrected chi connectivity index (χ2v) is 5.48. The Balaban J connectivity index is 2.25. The Morgan fingerprint density at radius 3 is 2.17 bits per heavy atom. The van der Waals surface area contributed by atoms with Crippen molar-refractivity contribution in [3.63, 3.8) is 0 Å². The van der Waals surface area contributed by atoms with E-state index in [1.807, 2.05) is 0 Å². The monoisotopic (exact) mass is 240 g/mol. The molecule has 0 N–H and O–H groups in total. The summed E-state index contributed by atoms with van der Waals surface area (Å²) in [5.74, 6) is 0. The van der Waals surface area contributed by atoms with Gasteiger partial charge in [0, 0.05) is 0 Å². The molecule has 0 fully saturated rings. The van der Waals surface area contributed by atoms with E-state index >= 15 is 0 Å². The average molecular weight is 240 g/mol. The normalized spacial score (nSPS) is 15.6. The van der Waals surface area contributed by atoms with Gasteiger partial charge in [0.15, 0.2) is 0 Å². The van der Waals surface area contributed by atoms with E-state index in [0.29, 0.717) is 5.41 Å². The van der Waals surface area contributed by atoms with E-state index in [4.69, 9.17) is 0 Å². The van der Waals surface area contributed by atoms with E-state index in [0.717, 1.165) is 0 Å². The van der Waals surface area contributed by atoms with Gasteiger partial charge in [0.05, 0.1) is 0 Å². The van der Waals surface area contributed by atoms with Crippen molar-refractivity contribution in [2.45, 2.75) is 51.9 Å². The molecule has 2 rings (SSSR count). The number of hydrogen-bond donors (Lipinski definition) is 0. The zero-order valence-electron chi connectivity index (χ0n) is 11.9. The van der Waals surface area contributed by atoms with Crippen LogP contribution in [-0.2, 0) is 5.41 Å². The molecule has 0 nitrogen and oxygen atoms in total. The second-order valence-electron chi connectivity index (χ2n) is 5.48. The van der Waals surface area contributed by atoms with Crippen molar-refractivity contribution in [1.29, 1.82) is 0 Å².